The van der Waals surface area contributed by atoms with E-state index >= 15 is 0 Å². The molecule has 132 valence electrons. The Bertz CT molecular complexity index is 954. The Morgan fingerprint density at radius 1 is 1.27 bits per heavy atom. The highest BCUT2D eigenvalue weighted by Crippen LogP contribution is 2.30. The van der Waals surface area contributed by atoms with Crippen LogP contribution in [-0.2, 0) is 6.54 Å². The minimum atomic E-state index is -0.778. The zero-order chi connectivity index (χ0) is 17.7. The highest BCUT2D eigenvalue weighted by molar-refractivity contribution is 7.14. The van der Waals surface area contributed by atoms with Crippen molar-refractivity contribution in [2.75, 3.05) is 22.9 Å². The fourth-order valence-electron chi connectivity index (χ4n) is 3.35. The number of aromatic nitrogens is 4. The molecule has 9 heteroatoms. The molecule has 2 aliphatic rings. The summed E-state index contributed by atoms with van der Waals surface area (Å²) < 4.78 is 14.8. The van der Waals surface area contributed by atoms with E-state index in [4.69, 9.17) is 0 Å². The van der Waals surface area contributed by atoms with E-state index in [1.165, 1.54) is 16.0 Å². The molecular formula is C17H15FN6OS. The number of carbonyl (C=O) groups excluding carboxylic acids is 1. The number of halogens is 1. The van der Waals surface area contributed by atoms with Gasteiger partial charge in [-0.25, -0.2) is 14.2 Å². The molecule has 0 N–H and O–H groups in total. The Morgan fingerprint density at radius 2 is 2.19 bits per heavy atom. The third-order valence-electron chi connectivity index (χ3n) is 4.70. The molecule has 3 aromatic rings. The first kappa shape index (κ1) is 15.4. The van der Waals surface area contributed by atoms with E-state index < -0.39 is 6.17 Å². The summed E-state index contributed by atoms with van der Waals surface area (Å²) in [5.74, 6) is 0.771. The molecule has 1 fully saturated rings. The van der Waals surface area contributed by atoms with Crippen molar-refractivity contribution >= 4 is 28.2 Å². The number of fused-ring (bicyclic) bond motifs is 1. The van der Waals surface area contributed by atoms with Crippen molar-refractivity contribution in [3.8, 4) is 11.3 Å². The van der Waals surface area contributed by atoms with Crippen LogP contribution in [0.15, 0.2) is 36.1 Å². The Labute approximate surface area is 152 Å². The second-order valence-corrected chi connectivity index (χ2v) is 7.24. The van der Waals surface area contributed by atoms with Crippen molar-refractivity contribution in [1.82, 2.24) is 19.7 Å². The zero-order valence-corrected chi connectivity index (χ0v) is 14.6. The third-order valence-corrected chi connectivity index (χ3v) is 5.49. The first-order chi connectivity index (χ1) is 12.7. The first-order valence-corrected chi connectivity index (χ1v) is 9.22. The van der Waals surface area contributed by atoms with E-state index in [0.29, 0.717) is 31.7 Å². The summed E-state index contributed by atoms with van der Waals surface area (Å²) in [5, 5.41) is 5.25. The summed E-state index contributed by atoms with van der Waals surface area (Å²) in [6, 6.07) is 5.52. The van der Waals surface area contributed by atoms with Gasteiger partial charge in [-0.15, -0.1) is 11.3 Å². The lowest BCUT2D eigenvalue weighted by Gasteiger charge is -2.16. The highest BCUT2D eigenvalue weighted by atomic mass is 32.1. The second-order valence-electron chi connectivity index (χ2n) is 6.38. The minimum absolute atomic E-state index is 0.175. The number of anilines is 2. The van der Waals surface area contributed by atoms with Gasteiger partial charge < -0.3 is 4.90 Å². The standard InChI is InChI=1S/C17H15FN6OS/c18-12-3-4-22(8-12)15-2-1-11(6-20-15)14-5-13-9-23(16-7-19-10-26-16)17(25)24(13)21-14/h1-2,5-7,10,12H,3-4,8-9H2. The molecule has 7 nitrogen and oxygen atoms in total. The molecule has 0 radical (unpaired) electrons. The van der Waals surface area contributed by atoms with E-state index in [9.17, 15) is 9.18 Å². The maximum atomic E-state index is 13.3. The van der Waals surface area contributed by atoms with E-state index in [-0.39, 0.29) is 6.03 Å². The summed E-state index contributed by atoms with van der Waals surface area (Å²) >= 11 is 1.42. The van der Waals surface area contributed by atoms with Gasteiger partial charge in [-0.1, -0.05) is 0 Å². The van der Waals surface area contributed by atoms with Gasteiger partial charge in [-0.05, 0) is 24.6 Å². The molecule has 0 spiro atoms. The monoisotopic (exact) mass is 370 g/mol. The van der Waals surface area contributed by atoms with Crippen LogP contribution < -0.4 is 9.80 Å². The number of pyridine rings is 1. The summed E-state index contributed by atoms with van der Waals surface area (Å²) in [7, 11) is 0. The molecule has 0 saturated carbocycles. The molecule has 5 rings (SSSR count). The van der Waals surface area contributed by atoms with Crippen LogP contribution in [0.5, 0.6) is 0 Å². The SMILES string of the molecule is O=C1N(c2cncs2)Cc2cc(-c3ccc(N4CCC(F)C4)nc3)nn21. The number of alkyl halides is 1. The Kier molecular flexibility index (Phi) is 3.49. The lowest BCUT2D eigenvalue weighted by molar-refractivity contribution is 0.248. The fraction of sp³-hybridized carbons (Fsp3) is 0.294. The largest absolute Gasteiger partial charge is 0.354 e. The van der Waals surface area contributed by atoms with Gasteiger partial charge in [0.15, 0.2) is 0 Å². The van der Waals surface area contributed by atoms with Gasteiger partial charge >= 0.3 is 6.03 Å². The smallest absolute Gasteiger partial charge is 0.350 e. The lowest BCUT2D eigenvalue weighted by Crippen LogP contribution is -2.25. The summed E-state index contributed by atoms with van der Waals surface area (Å²) in [6.07, 6.45) is 3.18. The first-order valence-electron chi connectivity index (χ1n) is 8.34. The van der Waals surface area contributed by atoms with Crippen LogP contribution in [0.25, 0.3) is 11.3 Å². The molecular weight excluding hydrogens is 355 g/mol. The van der Waals surface area contributed by atoms with Crippen LogP contribution in [0.2, 0.25) is 0 Å². The Morgan fingerprint density at radius 3 is 2.85 bits per heavy atom. The van der Waals surface area contributed by atoms with Crippen LogP contribution in [-0.4, -0.2) is 45.0 Å². The Hall–Kier alpha value is -2.81. The van der Waals surface area contributed by atoms with Gasteiger partial charge in [0, 0.05) is 18.3 Å². The van der Waals surface area contributed by atoms with Gasteiger partial charge in [0.2, 0.25) is 0 Å². The van der Waals surface area contributed by atoms with Crippen LogP contribution in [0.3, 0.4) is 0 Å². The van der Waals surface area contributed by atoms with E-state index in [2.05, 4.69) is 15.1 Å². The predicted octanol–water partition coefficient (Wildman–Crippen LogP) is 2.94. The molecule has 2 aliphatic heterocycles. The van der Waals surface area contributed by atoms with E-state index in [0.717, 1.165) is 22.1 Å². The minimum Gasteiger partial charge on any atom is -0.354 e. The molecule has 26 heavy (non-hydrogen) atoms. The summed E-state index contributed by atoms with van der Waals surface area (Å²) in [5.41, 5.74) is 4.08. The summed E-state index contributed by atoms with van der Waals surface area (Å²) in [4.78, 5) is 24.6. The molecule has 3 aromatic heterocycles. The molecule has 1 amide bonds. The van der Waals surface area contributed by atoms with Crippen molar-refractivity contribution < 1.29 is 9.18 Å². The van der Waals surface area contributed by atoms with Gasteiger partial charge in [0.25, 0.3) is 0 Å². The van der Waals surface area contributed by atoms with Crippen molar-refractivity contribution in [2.24, 2.45) is 0 Å². The third kappa shape index (κ3) is 2.47. The van der Waals surface area contributed by atoms with Crippen LogP contribution in [0, 0.1) is 0 Å². The maximum Gasteiger partial charge on any atom is 0.350 e. The van der Waals surface area contributed by atoms with Gasteiger partial charge in [0.05, 0.1) is 36.2 Å². The van der Waals surface area contributed by atoms with Crippen molar-refractivity contribution in [2.45, 2.75) is 19.1 Å². The number of thiazole rings is 1. The lowest BCUT2D eigenvalue weighted by atomic mass is 10.2. The van der Waals surface area contributed by atoms with Crippen molar-refractivity contribution in [3.05, 3.63) is 41.8 Å². The molecule has 0 bridgehead atoms. The average Bonchev–Trinajstić information content (AvgIpc) is 3.41. The van der Waals surface area contributed by atoms with Gasteiger partial charge in [-0.2, -0.15) is 9.78 Å². The molecule has 1 unspecified atom stereocenters. The number of hydrogen-bond acceptors (Lipinski definition) is 6. The normalized spacial score (nSPS) is 19.4. The van der Waals surface area contributed by atoms with Gasteiger partial charge in [0.1, 0.15) is 17.0 Å². The zero-order valence-electron chi connectivity index (χ0n) is 13.7. The van der Waals surface area contributed by atoms with Gasteiger partial charge in [-0.3, -0.25) is 9.88 Å². The number of amides is 1. The quantitative estimate of drug-likeness (QED) is 0.709. The van der Waals surface area contributed by atoms with Crippen LogP contribution in [0.1, 0.15) is 12.1 Å². The van der Waals surface area contributed by atoms with Crippen molar-refractivity contribution in [3.63, 3.8) is 0 Å². The average molecular weight is 370 g/mol. The predicted molar refractivity (Wildman–Crippen MR) is 96.3 cm³/mol. The van der Waals surface area contributed by atoms with Crippen LogP contribution >= 0.6 is 11.3 Å². The highest BCUT2D eigenvalue weighted by Gasteiger charge is 2.31. The van der Waals surface area contributed by atoms with Crippen LogP contribution in [0.4, 0.5) is 20.0 Å². The van der Waals surface area contributed by atoms with E-state index in [1.54, 1.807) is 22.8 Å². The topological polar surface area (TPSA) is 67.2 Å². The van der Waals surface area contributed by atoms with Crippen molar-refractivity contribution in [1.29, 1.82) is 0 Å². The fourth-order valence-corrected chi connectivity index (χ4v) is 3.97. The number of nitrogens with zero attached hydrogens (tertiary/aromatic N) is 6. The molecule has 5 heterocycles. The molecule has 1 saturated heterocycles. The Balaban J connectivity index is 1.37. The number of hydrogen-bond donors (Lipinski definition) is 0. The maximum absolute atomic E-state index is 13.3. The van der Waals surface area contributed by atoms with E-state index in [1.807, 2.05) is 23.1 Å². The molecule has 1 atom stereocenters. The number of rotatable bonds is 3. The second kappa shape index (κ2) is 5.87. The summed E-state index contributed by atoms with van der Waals surface area (Å²) in [6.45, 7) is 1.56. The molecule has 0 aliphatic carbocycles. The molecule has 0 aromatic carbocycles. The number of carbonyl (C=O) groups is 1.